The third kappa shape index (κ3) is 3.43. The standard InChI is InChI=1S/C21H25N3O2/c25-19(15-18-8-3-7-16-9-4-10-22-20(16)18)23-11-13-24(14-12-23)21(26)17-5-1-2-6-17/h3-4,7-10,17H,1-2,5-6,11-15H2. The topological polar surface area (TPSA) is 53.5 Å². The minimum atomic E-state index is 0.121. The van der Waals surface area contributed by atoms with Gasteiger partial charge in [-0.15, -0.1) is 0 Å². The molecule has 0 unspecified atom stereocenters. The monoisotopic (exact) mass is 351 g/mol. The van der Waals surface area contributed by atoms with Crippen LogP contribution in [0, 0.1) is 5.92 Å². The fourth-order valence-corrected chi connectivity index (χ4v) is 4.19. The van der Waals surface area contributed by atoms with Crippen molar-refractivity contribution in [1.82, 2.24) is 14.8 Å². The van der Waals surface area contributed by atoms with E-state index in [1.807, 2.05) is 40.1 Å². The third-order valence-electron chi connectivity index (χ3n) is 5.71. The summed E-state index contributed by atoms with van der Waals surface area (Å²) in [7, 11) is 0. The average Bonchev–Trinajstić information content (AvgIpc) is 3.23. The van der Waals surface area contributed by atoms with Crippen LogP contribution in [-0.4, -0.2) is 52.8 Å². The molecule has 1 aromatic heterocycles. The quantitative estimate of drug-likeness (QED) is 0.854. The molecule has 2 aliphatic rings. The highest BCUT2D eigenvalue weighted by Gasteiger charge is 2.30. The Kier molecular flexibility index (Phi) is 4.87. The van der Waals surface area contributed by atoms with E-state index in [0.717, 1.165) is 29.3 Å². The van der Waals surface area contributed by atoms with Gasteiger partial charge in [-0.3, -0.25) is 14.6 Å². The van der Waals surface area contributed by atoms with Crippen molar-refractivity contribution in [3.05, 3.63) is 42.1 Å². The lowest BCUT2D eigenvalue weighted by Gasteiger charge is -2.36. The first-order chi connectivity index (χ1) is 12.7. The van der Waals surface area contributed by atoms with E-state index in [9.17, 15) is 9.59 Å². The van der Waals surface area contributed by atoms with Crippen LogP contribution in [0.5, 0.6) is 0 Å². The van der Waals surface area contributed by atoms with E-state index < -0.39 is 0 Å². The van der Waals surface area contributed by atoms with Crippen molar-refractivity contribution in [3.8, 4) is 0 Å². The summed E-state index contributed by atoms with van der Waals surface area (Å²) >= 11 is 0. The molecule has 0 bridgehead atoms. The van der Waals surface area contributed by atoms with Crippen molar-refractivity contribution in [1.29, 1.82) is 0 Å². The zero-order valence-corrected chi connectivity index (χ0v) is 15.1. The Balaban J connectivity index is 1.37. The normalized spacial score (nSPS) is 18.5. The third-order valence-corrected chi connectivity index (χ3v) is 5.71. The molecule has 0 N–H and O–H groups in total. The Hall–Kier alpha value is -2.43. The zero-order chi connectivity index (χ0) is 17.9. The number of hydrogen-bond acceptors (Lipinski definition) is 3. The molecule has 0 radical (unpaired) electrons. The number of benzene rings is 1. The van der Waals surface area contributed by atoms with Crippen LogP contribution >= 0.6 is 0 Å². The molecule has 2 amide bonds. The van der Waals surface area contributed by atoms with Gasteiger partial charge in [0.05, 0.1) is 11.9 Å². The lowest BCUT2D eigenvalue weighted by molar-refractivity contribution is -0.141. The summed E-state index contributed by atoms with van der Waals surface area (Å²) in [5.74, 6) is 0.642. The Morgan fingerprint density at radius 1 is 0.962 bits per heavy atom. The Morgan fingerprint density at radius 3 is 2.42 bits per heavy atom. The van der Waals surface area contributed by atoms with Crippen LogP contribution in [0.1, 0.15) is 31.2 Å². The molecule has 5 nitrogen and oxygen atoms in total. The lowest BCUT2D eigenvalue weighted by Crippen LogP contribution is -2.52. The van der Waals surface area contributed by atoms with Crippen LogP contribution in [0.3, 0.4) is 0 Å². The minimum absolute atomic E-state index is 0.121. The number of carbonyl (C=O) groups excluding carboxylic acids is 2. The number of amides is 2. The van der Waals surface area contributed by atoms with Gasteiger partial charge in [0.2, 0.25) is 11.8 Å². The number of hydrogen-bond donors (Lipinski definition) is 0. The fourth-order valence-electron chi connectivity index (χ4n) is 4.19. The molecule has 0 atom stereocenters. The summed E-state index contributed by atoms with van der Waals surface area (Å²) in [6, 6.07) is 9.90. The van der Waals surface area contributed by atoms with Crippen LogP contribution in [0.2, 0.25) is 0 Å². The van der Waals surface area contributed by atoms with E-state index in [0.29, 0.717) is 38.5 Å². The molecule has 26 heavy (non-hydrogen) atoms. The van der Waals surface area contributed by atoms with Gasteiger partial charge >= 0.3 is 0 Å². The van der Waals surface area contributed by atoms with Crippen molar-refractivity contribution in [2.24, 2.45) is 5.92 Å². The fraction of sp³-hybridized carbons (Fsp3) is 0.476. The van der Waals surface area contributed by atoms with E-state index in [2.05, 4.69) is 4.98 Å². The second kappa shape index (κ2) is 7.44. The minimum Gasteiger partial charge on any atom is -0.339 e. The van der Waals surface area contributed by atoms with E-state index in [1.165, 1.54) is 12.8 Å². The summed E-state index contributed by atoms with van der Waals surface area (Å²) in [6.45, 7) is 2.59. The number of piperazine rings is 1. The molecular formula is C21H25N3O2. The highest BCUT2D eigenvalue weighted by Crippen LogP contribution is 2.27. The van der Waals surface area contributed by atoms with Gasteiger partial charge < -0.3 is 9.80 Å². The van der Waals surface area contributed by atoms with Crippen LogP contribution in [0.4, 0.5) is 0 Å². The SMILES string of the molecule is O=C(Cc1cccc2cccnc12)N1CCN(C(=O)C2CCCC2)CC1. The summed E-state index contributed by atoms with van der Waals surface area (Å²) in [4.78, 5) is 33.5. The Labute approximate surface area is 154 Å². The van der Waals surface area contributed by atoms with Crippen molar-refractivity contribution < 1.29 is 9.59 Å². The first-order valence-corrected chi connectivity index (χ1v) is 9.61. The van der Waals surface area contributed by atoms with Gasteiger partial charge in [-0.05, 0) is 24.5 Å². The molecule has 2 fully saturated rings. The summed E-state index contributed by atoms with van der Waals surface area (Å²) in [6.07, 6.45) is 6.55. The number of carbonyl (C=O) groups is 2. The first-order valence-electron chi connectivity index (χ1n) is 9.61. The molecule has 4 rings (SSSR count). The van der Waals surface area contributed by atoms with Crippen LogP contribution in [0.15, 0.2) is 36.5 Å². The maximum absolute atomic E-state index is 12.7. The number of aromatic nitrogens is 1. The Morgan fingerprint density at radius 2 is 1.65 bits per heavy atom. The lowest BCUT2D eigenvalue weighted by atomic mass is 10.1. The van der Waals surface area contributed by atoms with Crippen LogP contribution in [-0.2, 0) is 16.0 Å². The number of fused-ring (bicyclic) bond motifs is 1. The average molecular weight is 351 g/mol. The van der Waals surface area contributed by atoms with Gasteiger partial charge in [-0.2, -0.15) is 0 Å². The molecule has 1 saturated heterocycles. The number of rotatable bonds is 3. The van der Waals surface area contributed by atoms with E-state index in [1.54, 1.807) is 6.20 Å². The molecule has 1 saturated carbocycles. The van der Waals surface area contributed by atoms with Gasteiger partial charge in [0.1, 0.15) is 0 Å². The van der Waals surface area contributed by atoms with Gasteiger partial charge in [-0.1, -0.05) is 37.1 Å². The van der Waals surface area contributed by atoms with E-state index >= 15 is 0 Å². The first kappa shape index (κ1) is 17.0. The predicted octanol–water partition coefficient (Wildman–Crippen LogP) is 2.64. The number of pyridine rings is 1. The van der Waals surface area contributed by atoms with Crippen molar-refractivity contribution in [2.45, 2.75) is 32.1 Å². The van der Waals surface area contributed by atoms with Gasteiger partial charge in [0, 0.05) is 43.7 Å². The zero-order valence-electron chi connectivity index (χ0n) is 15.1. The maximum atomic E-state index is 12.7. The molecule has 1 aliphatic heterocycles. The largest absolute Gasteiger partial charge is 0.339 e. The molecular weight excluding hydrogens is 326 g/mol. The summed E-state index contributed by atoms with van der Waals surface area (Å²) in [5.41, 5.74) is 1.87. The summed E-state index contributed by atoms with van der Waals surface area (Å²) < 4.78 is 0. The number of nitrogens with zero attached hydrogens (tertiary/aromatic N) is 3. The maximum Gasteiger partial charge on any atom is 0.227 e. The molecule has 1 aliphatic carbocycles. The van der Waals surface area contributed by atoms with Crippen LogP contribution < -0.4 is 0 Å². The number of para-hydroxylation sites is 1. The summed E-state index contributed by atoms with van der Waals surface area (Å²) in [5, 5.41) is 1.06. The van der Waals surface area contributed by atoms with Crippen LogP contribution in [0.25, 0.3) is 10.9 Å². The van der Waals surface area contributed by atoms with Crippen molar-refractivity contribution in [3.63, 3.8) is 0 Å². The molecule has 0 spiro atoms. The second-order valence-electron chi connectivity index (χ2n) is 7.36. The van der Waals surface area contributed by atoms with Gasteiger partial charge in [-0.25, -0.2) is 0 Å². The molecule has 2 aromatic rings. The molecule has 136 valence electrons. The smallest absolute Gasteiger partial charge is 0.227 e. The van der Waals surface area contributed by atoms with Crippen molar-refractivity contribution in [2.75, 3.05) is 26.2 Å². The highest BCUT2D eigenvalue weighted by molar-refractivity contribution is 5.87. The molecule has 5 heteroatoms. The van der Waals surface area contributed by atoms with Crippen molar-refractivity contribution >= 4 is 22.7 Å². The van der Waals surface area contributed by atoms with E-state index in [-0.39, 0.29) is 11.8 Å². The molecule has 2 heterocycles. The molecule has 1 aromatic carbocycles. The van der Waals surface area contributed by atoms with Gasteiger partial charge in [0.25, 0.3) is 0 Å². The van der Waals surface area contributed by atoms with E-state index in [4.69, 9.17) is 0 Å². The second-order valence-corrected chi connectivity index (χ2v) is 7.36. The Bertz CT molecular complexity index is 801. The predicted molar refractivity (Wildman–Crippen MR) is 101 cm³/mol. The highest BCUT2D eigenvalue weighted by atomic mass is 16.2. The van der Waals surface area contributed by atoms with Gasteiger partial charge in [0.15, 0.2) is 0 Å².